The number of hydrogen-bond acceptors (Lipinski definition) is 2. The predicted molar refractivity (Wildman–Crippen MR) is 83.7 cm³/mol. The standard InChI is InChI=1S/C16H19ClN2O2/c1-21-10-16(20)19-6-3-11(4-7-19)14-8-12(17)9-15-13(14)2-5-18-15/h2,5,8-9,11,18H,3-4,6-7,10H2,1H3. The van der Waals surface area contributed by atoms with Crippen LogP contribution in [0.15, 0.2) is 24.4 Å². The second-order valence-corrected chi connectivity index (χ2v) is 5.96. The number of hydrogen-bond donors (Lipinski definition) is 1. The zero-order valence-corrected chi connectivity index (χ0v) is 12.8. The normalized spacial score (nSPS) is 16.6. The average molecular weight is 307 g/mol. The van der Waals surface area contributed by atoms with Crippen LogP contribution in [0.1, 0.15) is 24.3 Å². The van der Waals surface area contributed by atoms with Crippen LogP contribution in [0.2, 0.25) is 5.02 Å². The van der Waals surface area contributed by atoms with Gasteiger partial charge in [0.25, 0.3) is 0 Å². The first-order valence-electron chi connectivity index (χ1n) is 7.22. The van der Waals surface area contributed by atoms with Gasteiger partial charge in [0, 0.05) is 42.3 Å². The monoisotopic (exact) mass is 306 g/mol. The number of methoxy groups -OCH3 is 1. The summed E-state index contributed by atoms with van der Waals surface area (Å²) < 4.78 is 4.92. The molecule has 1 aromatic carbocycles. The zero-order chi connectivity index (χ0) is 14.8. The van der Waals surface area contributed by atoms with E-state index in [2.05, 4.69) is 17.1 Å². The third-order valence-electron chi connectivity index (χ3n) is 4.22. The van der Waals surface area contributed by atoms with E-state index in [4.69, 9.17) is 16.3 Å². The highest BCUT2D eigenvalue weighted by Crippen LogP contribution is 2.35. The Morgan fingerprint density at radius 1 is 1.43 bits per heavy atom. The summed E-state index contributed by atoms with van der Waals surface area (Å²) in [6.07, 6.45) is 3.88. The van der Waals surface area contributed by atoms with Crippen molar-refractivity contribution in [3.8, 4) is 0 Å². The number of nitrogens with zero attached hydrogens (tertiary/aromatic N) is 1. The molecule has 1 aliphatic rings. The number of rotatable bonds is 3. The van der Waals surface area contributed by atoms with Crippen LogP contribution in [0.4, 0.5) is 0 Å². The van der Waals surface area contributed by atoms with Gasteiger partial charge in [-0.05, 0) is 42.5 Å². The van der Waals surface area contributed by atoms with Crippen molar-refractivity contribution in [3.63, 3.8) is 0 Å². The fourth-order valence-corrected chi connectivity index (χ4v) is 3.38. The molecule has 2 aromatic rings. The summed E-state index contributed by atoms with van der Waals surface area (Å²) in [6.45, 7) is 1.74. The quantitative estimate of drug-likeness (QED) is 0.946. The molecule has 112 valence electrons. The first kappa shape index (κ1) is 14.4. The minimum atomic E-state index is 0.0776. The van der Waals surface area contributed by atoms with Crippen molar-refractivity contribution in [1.29, 1.82) is 0 Å². The molecule has 1 amide bonds. The van der Waals surface area contributed by atoms with Gasteiger partial charge >= 0.3 is 0 Å². The molecule has 1 saturated heterocycles. The Bertz CT molecular complexity index is 645. The maximum Gasteiger partial charge on any atom is 0.248 e. The molecular weight excluding hydrogens is 288 g/mol. The van der Waals surface area contributed by atoms with Gasteiger partial charge < -0.3 is 14.6 Å². The van der Waals surface area contributed by atoms with E-state index < -0.39 is 0 Å². The first-order valence-corrected chi connectivity index (χ1v) is 7.60. The molecule has 0 radical (unpaired) electrons. The van der Waals surface area contributed by atoms with Gasteiger partial charge in [-0.3, -0.25) is 4.79 Å². The number of nitrogens with one attached hydrogen (secondary N) is 1. The number of aromatic amines is 1. The minimum Gasteiger partial charge on any atom is -0.375 e. The molecule has 2 heterocycles. The molecular formula is C16H19ClN2O2. The third kappa shape index (κ3) is 2.92. The summed E-state index contributed by atoms with van der Waals surface area (Å²) in [7, 11) is 1.55. The number of carbonyl (C=O) groups excluding carboxylic acids is 1. The Morgan fingerprint density at radius 3 is 2.90 bits per heavy atom. The van der Waals surface area contributed by atoms with Crippen molar-refractivity contribution in [3.05, 3.63) is 35.0 Å². The SMILES string of the molecule is COCC(=O)N1CCC(c2cc(Cl)cc3[nH]ccc23)CC1. The summed E-state index contributed by atoms with van der Waals surface area (Å²) in [5, 5.41) is 2.00. The lowest BCUT2D eigenvalue weighted by molar-refractivity contribution is -0.136. The number of piperidine rings is 1. The summed E-state index contributed by atoms with van der Waals surface area (Å²) in [6, 6.07) is 6.12. The van der Waals surface area contributed by atoms with Crippen molar-refractivity contribution in [2.45, 2.75) is 18.8 Å². The molecule has 0 aliphatic carbocycles. The number of H-pyrrole nitrogens is 1. The lowest BCUT2D eigenvalue weighted by atomic mass is 9.87. The Kier molecular flexibility index (Phi) is 4.17. The van der Waals surface area contributed by atoms with Crippen LogP contribution < -0.4 is 0 Å². The second-order valence-electron chi connectivity index (χ2n) is 5.52. The lowest BCUT2D eigenvalue weighted by Gasteiger charge is -2.32. The van der Waals surface area contributed by atoms with Crippen LogP contribution in [0.25, 0.3) is 10.9 Å². The summed E-state index contributed by atoms with van der Waals surface area (Å²) in [5.41, 5.74) is 2.37. The summed E-state index contributed by atoms with van der Waals surface area (Å²) in [4.78, 5) is 16.9. The molecule has 1 fully saturated rings. The summed E-state index contributed by atoms with van der Waals surface area (Å²) >= 11 is 6.22. The molecule has 0 spiro atoms. The van der Waals surface area contributed by atoms with Gasteiger partial charge in [-0.1, -0.05) is 11.6 Å². The van der Waals surface area contributed by atoms with Crippen LogP contribution in [-0.2, 0) is 9.53 Å². The van der Waals surface area contributed by atoms with Gasteiger partial charge in [-0.15, -0.1) is 0 Å². The number of halogens is 1. The number of ether oxygens (including phenoxy) is 1. The van der Waals surface area contributed by atoms with Gasteiger partial charge in [-0.2, -0.15) is 0 Å². The Hall–Kier alpha value is -1.52. The van der Waals surface area contributed by atoms with Crippen molar-refractivity contribution < 1.29 is 9.53 Å². The maximum atomic E-state index is 11.8. The van der Waals surface area contributed by atoms with Crippen LogP contribution in [0.3, 0.4) is 0 Å². The average Bonchev–Trinajstić information content (AvgIpc) is 2.95. The molecule has 0 unspecified atom stereocenters. The zero-order valence-electron chi connectivity index (χ0n) is 12.1. The summed E-state index contributed by atoms with van der Waals surface area (Å²) in [5.74, 6) is 0.530. The number of carbonyl (C=O) groups is 1. The number of benzene rings is 1. The molecule has 1 aromatic heterocycles. The van der Waals surface area contributed by atoms with Gasteiger partial charge in [0.05, 0.1) is 0 Å². The Balaban J connectivity index is 1.77. The van der Waals surface area contributed by atoms with Crippen molar-refractivity contribution in [2.75, 3.05) is 26.8 Å². The molecule has 5 heteroatoms. The van der Waals surface area contributed by atoms with Gasteiger partial charge in [-0.25, -0.2) is 0 Å². The molecule has 3 rings (SSSR count). The van der Waals surface area contributed by atoms with Gasteiger partial charge in [0.15, 0.2) is 0 Å². The number of fused-ring (bicyclic) bond motifs is 1. The van der Waals surface area contributed by atoms with E-state index >= 15 is 0 Å². The van der Waals surface area contributed by atoms with Gasteiger partial charge in [0.2, 0.25) is 5.91 Å². The molecule has 1 aliphatic heterocycles. The van der Waals surface area contributed by atoms with Crippen LogP contribution in [-0.4, -0.2) is 42.6 Å². The lowest BCUT2D eigenvalue weighted by Crippen LogP contribution is -2.39. The highest BCUT2D eigenvalue weighted by Gasteiger charge is 2.25. The molecule has 4 nitrogen and oxygen atoms in total. The van der Waals surface area contributed by atoms with Crippen molar-refractivity contribution >= 4 is 28.4 Å². The minimum absolute atomic E-state index is 0.0776. The van der Waals surface area contributed by atoms with E-state index in [9.17, 15) is 4.79 Å². The van der Waals surface area contributed by atoms with E-state index in [0.29, 0.717) is 5.92 Å². The molecule has 1 N–H and O–H groups in total. The van der Waals surface area contributed by atoms with Crippen LogP contribution in [0.5, 0.6) is 0 Å². The largest absolute Gasteiger partial charge is 0.375 e. The molecule has 0 saturated carbocycles. The molecule has 0 atom stereocenters. The molecule has 21 heavy (non-hydrogen) atoms. The first-order chi connectivity index (χ1) is 10.2. The third-order valence-corrected chi connectivity index (χ3v) is 4.44. The maximum absolute atomic E-state index is 11.8. The van der Waals surface area contributed by atoms with Gasteiger partial charge in [0.1, 0.15) is 6.61 Å². The van der Waals surface area contributed by atoms with E-state index in [1.165, 1.54) is 10.9 Å². The second kappa shape index (κ2) is 6.08. The van der Waals surface area contributed by atoms with Crippen LogP contribution in [0, 0.1) is 0 Å². The Labute approximate surface area is 129 Å². The van der Waals surface area contributed by atoms with E-state index in [1.807, 2.05) is 17.2 Å². The predicted octanol–water partition coefficient (Wildman–Crippen LogP) is 3.17. The van der Waals surface area contributed by atoms with E-state index in [1.54, 1.807) is 7.11 Å². The van der Waals surface area contributed by atoms with E-state index in [-0.39, 0.29) is 12.5 Å². The smallest absolute Gasteiger partial charge is 0.248 e. The Morgan fingerprint density at radius 2 is 2.19 bits per heavy atom. The highest BCUT2D eigenvalue weighted by molar-refractivity contribution is 6.31. The number of likely N-dealkylation sites (tertiary alicyclic amines) is 1. The van der Waals surface area contributed by atoms with Crippen LogP contribution >= 0.6 is 11.6 Å². The number of aromatic nitrogens is 1. The topological polar surface area (TPSA) is 45.3 Å². The molecule has 0 bridgehead atoms. The fourth-order valence-electron chi connectivity index (χ4n) is 3.15. The fraction of sp³-hybridized carbons (Fsp3) is 0.438. The van der Waals surface area contributed by atoms with Crippen molar-refractivity contribution in [1.82, 2.24) is 9.88 Å². The van der Waals surface area contributed by atoms with E-state index in [0.717, 1.165) is 36.5 Å². The van der Waals surface area contributed by atoms with Crippen molar-refractivity contribution in [2.24, 2.45) is 0 Å². The number of amides is 1. The highest BCUT2D eigenvalue weighted by atomic mass is 35.5.